The van der Waals surface area contributed by atoms with Crippen LogP contribution in [-0.2, 0) is 0 Å². The maximum absolute atomic E-state index is 4.48. The predicted molar refractivity (Wildman–Crippen MR) is 68.7 cm³/mol. The highest BCUT2D eigenvalue weighted by atomic mass is 32.1. The van der Waals surface area contributed by atoms with Crippen LogP contribution in [0.1, 0.15) is 43.8 Å². The molecule has 1 aromatic heterocycles. The van der Waals surface area contributed by atoms with E-state index in [4.69, 9.17) is 0 Å². The lowest BCUT2D eigenvalue weighted by molar-refractivity contribution is 0.0689. The molecule has 3 heteroatoms. The number of hydrogen-bond acceptors (Lipinski definition) is 2. The number of rotatable bonds is 3. The average molecular weight is 236 g/mol. The minimum Gasteiger partial charge on any atom is -0.348 e. The molecule has 1 heterocycles. The molecule has 0 radical (unpaired) electrons. The maximum atomic E-state index is 4.48. The van der Waals surface area contributed by atoms with Crippen molar-refractivity contribution < 1.29 is 0 Å². The van der Waals surface area contributed by atoms with Gasteiger partial charge in [-0.05, 0) is 49.2 Å². The molecular weight excluding hydrogens is 216 g/mol. The van der Waals surface area contributed by atoms with Gasteiger partial charge in [0.2, 0.25) is 0 Å². The molecule has 3 aliphatic carbocycles. The lowest BCUT2D eigenvalue weighted by Crippen LogP contribution is -2.37. The van der Waals surface area contributed by atoms with Crippen LogP contribution in [0.2, 0.25) is 0 Å². The summed E-state index contributed by atoms with van der Waals surface area (Å²) in [7, 11) is 0. The van der Waals surface area contributed by atoms with Crippen LogP contribution in [-0.4, -0.2) is 15.7 Å². The Morgan fingerprint density at radius 3 is 3.00 bits per heavy atom. The minimum atomic E-state index is 0.701. The van der Waals surface area contributed by atoms with E-state index in [1.165, 1.54) is 37.9 Å². The molecule has 1 N–H and O–H groups in total. The second kappa shape index (κ2) is 4.44. The zero-order chi connectivity index (χ0) is 11.0. The fourth-order valence-electron chi connectivity index (χ4n) is 3.95. The third-order valence-corrected chi connectivity index (χ3v) is 4.88. The van der Waals surface area contributed by atoms with Crippen molar-refractivity contribution in [2.24, 2.45) is 17.8 Å². The largest absolute Gasteiger partial charge is 0.348 e. The van der Waals surface area contributed by atoms with Crippen LogP contribution in [0.5, 0.6) is 0 Å². The molecule has 0 aromatic carbocycles. The molecule has 1 aromatic rings. The smallest absolute Gasteiger partial charge is 0.109 e. The number of aromatic nitrogens is 2. The summed E-state index contributed by atoms with van der Waals surface area (Å²) in [6, 6.07) is 0. The zero-order valence-electron chi connectivity index (χ0n) is 9.60. The molecule has 0 saturated heterocycles. The van der Waals surface area contributed by atoms with E-state index in [0.29, 0.717) is 5.92 Å². The summed E-state index contributed by atoms with van der Waals surface area (Å²) in [6.07, 6.45) is 10.8. The van der Waals surface area contributed by atoms with Crippen molar-refractivity contribution in [2.75, 3.05) is 5.75 Å². The van der Waals surface area contributed by atoms with Gasteiger partial charge in [0.1, 0.15) is 5.82 Å². The fraction of sp³-hybridized carbons (Fsp3) is 0.769. The molecule has 2 bridgehead atoms. The van der Waals surface area contributed by atoms with Gasteiger partial charge >= 0.3 is 0 Å². The Morgan fingerprint density at radius 1 is 1.38 bits per heavy atom. The standard InChI is InChI=1S/C13H20N2S/c16-6-3-10-7-9-1-2-11(10)12(8-9)13-14-4-5-15-13/h4-5,9-12,16H,1-3,6-8H2,(H,14,15). The van der Waals surface area contributed by atoms with E-state index in [1.807, 2.05) is 12.4 Å². The number of hydrogen-bond donors (Lipinski definition) is 2. The number of imidazole rings is 1. The quantitative estimate of drug-likeness (QED) is 0.775. The van der Waals surface area contributed by atoms with Crippen LogP contribution in [0, 0.1) is 17.8 Å². The van der Waals surface area contributed by atoms with Gasteiger partial charge < -0.3 is 4.98 Å². The van der Waals surface area contributed by atoms with Crippen LogP contribution >= 0.6 is 12.6 Å². The second-order valence-electron chi connectivity index (χ2n) is 5.43. The van der Waals surface area contributed by atoms with E-state index in [0.717, 1.165) is 23.5 Å². The van der Waals surface area contributed by atoms with Gasteiger partial charge in [-0.3, -0.25) is 0 Å². The molecule has 2 nitrogen and oxygen atoms in total. The Hall–Kier alpha value is -0.440. The molecule has 3 saturated carbocycles. The summed E-state index contributed by atoms with van der Waals surface area (Å²) in [5.41, 5.74) is 0. The molecular formula is C13H20N2S. The first-order chi connectivity index (χ1) is 7.88. The van der Waals surface area contributed by atoms with Gasteiger partial charge in [0.25, 0.3) is 0 Å². The summed E-state index contributed by atoms with van der Waals surface area (Å²) >= 11 is 4.41. The van der Waals surface area contributed by atoms with Gasteiger partial charge in [-0.1, -0.05) is 6.42 Å². The number of fused-ring (bicyclic) bond motifs is 3. The van der Waals surface area contributed by atoms with Gasteiger partial charge in [-0.15, -0.1) is 0 Å². The third-order valence-electron chi connectivity index (χ3n) is 4.62. The van der Waals surface area contributed by atoms with Crippen LogP contribution < -0.4 is 0 Å². The van der Waals surface area contributed by atoms with E-state index in [1.54, 1.807) is 0 Å². The molecule has 3 aliphatic rings. The first kappa shape index (κ1) is 10.7. The Bertz CT molecular complexity index is 336. The SMILES string of the molecule is SCCC1CC2CCC1C(c1ncc[nH]1)C2. The molecule has 0 amide bonds. The highest BCUT2D eigenvalue weighted by molar-refractivity contribution is 7.80. The van der Waals surface area contributed by atoms with Gasteiger partial charge in [0.05, 0.1) is 0 Å². The Kier molecular flexibility index (Phi) is 2.97. The molecule has 3 fully saturated rings. The lowest BCUT2D eigenvalue weighted by Gasteiger charge is -2.47. The normalized spacial score (nSPS) is 37.8. The summed E-state index contributed by atoms with van der Waals surface area (Å²) in [5.74, 6) is 5.69. The van der Waals surface area contributed by atoms with Crippen molar-refractivity contribution >= 4 is 12.6 Å². The van der Waals surface area contributed by atoms with Crippen LogP contribution in [0.3, 0.4) is 0 Å². The molecule has 0 spiro atoms. The van der Waals surface area contributed by atoms with Gasteiger partial charge in [0, 0.05) is 18.3 Å². The molecule has 4 unspecified atom stereocenters. The number of nitrogens with one attached hydrogen (secondary N) is 1. The Morgan fingerprint density at radius 2 is 2.31 bits per heavy atom. The van der Waals surface area contributed by atoms with Crippen molar-refractivity contribution in [1.82, 2.24) is 9.97 Å². The molecule has 0 aliphatic heterocycles. The minimum absolute atomic E-state index is 0.701. The van der Waals surface area contributed by atoms with Crippen molar-refractivity contribution in [1.29, 1.82) is 0 Å². The van der Waals surface area contributed by atoms with Crippen molar-refractivity contribution in [2.45, 2.75) is 38.0 Å². The van der Waals surface area contributed by atoms with Crippen LogP contribution in [0.15, 0.2) is 12.4 Å². The topological polar surface area (TPSA) is 28.7 Å². The van der Waals surface area contributed by atoms with E-state index < -0.39 is 0 Å². The number of aromatic amines is 1. The monoisotopic (exact) mass is 236 g/mol. The number of H-pyrrole nitrogens is 1. The van der Waals surface area contributed by atoms with Crippen LogP contribution in [0.25, 0.3) is 0 Å². The highest BCUT2D eigenvalue weighted by Crippen LogP contribution is 2.52. The van der Waals surface area contributed by atoms with Gasteiger partial charge in [-0.25, -0.2) is 4.98 Å². The molecule has 88 valence electrons. The summed E-state index contributed by atoms with van der Waals surface area (Å²) in [4.78, 5) is 7.80. The Balaban J connectivity index is 1.80. The maximum Gasteiger partial charge on any atom is 0.109 e. The van der Waals surface area contributed by atoms with E-state index in [-0.39, 0.29) is 0 Å². The van der Waals surface area contributed by atoms with E-state index >= 15 is 0 Å². The number of thiol groups is 1. The lowest BCUT2D eigenvalue weighted by atomic mass is 9.59. The summed E-state index contributed by atoms with van der Waals surface area (Å²) in [5, 5.41) is 0. The second-order valence-corrected chi connectivity index (χ2v) is 5.88. The highest BCUT2D eigenvalue weighted by Gasteiger charge is 2.42. The first-order valence-electron chi connectivity index (χ1n) is 6.48. The van der Waals surface area contributed by atoms with Crippen molar-refractivity contribution in [3.63, 3.8) is 0 Å². The first-order valence-corrected chi connectivity index (χ1v) is 7.12. The summed E-state index contributed by atoms with van der Waals surface area (Å²) < 4.78 is 0. The predicted octanol–water partition coefficient (Wildman–Crippen LogP) is 3.25. The van der Waals surface area contributed by atoms with Gasteiger partial charge in [-0.2, -0.15) is 12.6 Å². The average Bonchev–Trinajstić information content (AvgIpc) is 2.83. The van der Waals surface area contributed by atoms with E-state index in [2.05, 4.69) is 22.6 Å². The molecule has 4 rings (SSSR count). The van der Waals surface area contributed by atoms with Crippen LogP contribution in [0.4, 0.5) is 0 Å². The van der Waals surface area contributed by atoms with Crippen molar-refractivity contribution in [3.8, 4) is 0 Å². The van der Waals surface area contributed by atoms with E-state index in [9.17, 15) is 0 Å². The Labute approximate surface area is 103 Å². The van der Waals surface area contributed by atoms with Crippen molar-refractivity contribution in [3.05, 3.63) is 18.2 Å². The summed E-state index contributed by atoms with van der Waals surface area (Å²) in [6.45, 7) is 0. The fourth-order valence-corrected chi connectivity index (χ4v) is 4.29. The zero-order valence-corrected chi connectivity index (χ0v) is 10.5. The molecule has 4 atom stereocenters. The molecule has 16 heavy (non-hydrogen) atoms. The number of nitrogens with zero attached hydrogens (tertiary/aromatic N) is 1. The van der Waals surface area contributed by atoms with Gasteiger partial charge in [0.15, 0.2) is 0 Å². The third kappa shape index (κ3) is 1.79.